The van der Waals surface area contributed by atoms with Gasteiger partial charge < -0.3 is 5.32 Å². The fourth-order valence-corrected chi connectivity index (χ4v) is 2.74. The van der Waals surface area contributed by atoms with E-state index in [2.05, 4.69) is 37.5 Å². The van der Waals surface area contributed by atoms with E-state index in [1.807, 2.05) is 0 Å². The van der Waals surface area contributed by atoms with Crippen LogP contribution in [0.25, 0.3) is 0 Å². The molecule has 2 atom stereocenters. The molecule has 1 aromatic rings. The minimum absolute atomic E-state index is 0.408. The molecular weight excluding hydrogens is 226 g/mol. The van der Waals surface area contributed by atoms with Gasteiger partial charge in [0, 0.05) is 12.1 Å². The summed E-state index contributed by atoms with van der Waals surface area (Å²) in [6, 6.07) is 3.09. The van der Waals surface area contributed by atoms with Gasteiger partial charge >= 0.3 is 0 Å². The average Bonchev–Trinajstić information content (AvgIpc) is 2.64. The van der Waals surface area contributed by atoms with Crippen molar-refractivity contribution in [1.82, 2.24) is 5.32 Å². The van der Waals surface area contributed by atoms with E-state index in [9.17, 15) is 0 Å². The van der Waals surface area contributed by atoms with Crippen LogP contribution in [0.15, 0.2) is 11.4 Å². The highest BCUT2D eigenvalue weighted by Gasteiger charge is 2.12. The Hall–Kier alpha value is -0.0500. The molecule has 15 heavy (non-hydrogen) atoms. The summed E-state index contributed by atoms with van der Waals surface area (Å²) >= 11 is 7.53. The Morgan fingerprint density at radius 1 is 1.47 bits per heavy atom. The summed E-state index contributed by atoms with van der Waals surface area (Å²) < 4.78 is 0.877. The van der Waals surface area contributed by atoms with Crippen LogP contribution < -0.4 is 5.32 Å². The highest BCUT2D eigenvalue weighted by Crippen LogP contribution is 2.25. The maximum absolute atomic E-state index is 5.93. The van der Waals surface area contributed by atoms with Crippen molar-refractivity contribution in [1.29, 1.82) is 0 Å². The third kappa shape index (κ3) is 4.13. The Kier molecular flexibility index (Phi) is 5.65. The van der Waals surface area contributed by atoms with Crippen LogP contribution >= 0.6 is 22.9 Å². The van der Waals surface area contributed by atoms with Gasteiger partial charge in [-0.1, -0.05) is 31.9 Å². The van der Waals surface area contributed by atoms with Gasteiger partial charge in [0.1, 0.15) is 0 Å². The minimum atomic E-state index is 0.408. The van der Waals surface area contributed by atoms with Crippen molar-refractivity contribution < 1.29 is 0 Å². The smallest absolute Gasteiger partial charge is 0.0931 e. The number of halogens is 1. The number of hydrogen-bond acceptors (Lipinski definition) is 2. The Labute approximate surface area is 102 Å². The number of hydrogen-bond donors (Lipinski definition) is 1. The molecule has 0 aliphatic heterocycles. The molecule has 0 bridgehead atoms. The average molecular weight is 246 g/mol. The van der Waals surface area contributed by atoms with Crippen molar-refractivity contribution in [3.63, 3.8) is 0 Å². The molecule has 0 aliphatic carbocycles. The normalized spacial score (nSPS) is 15.2. The van der Waals surface area contributed by atoms with Crippen molar-refractivity contribution in [2.45, 2.75) is 52.1 Å². The predicted octanol–water partition coefficient (Wildman–Crippen LogP) is 4.63. The molecular formula is C12H20ClNS. The van der Waals surface area contributed by atoms with Crippen molar-refractivity contribution >= 4 is 22.9 Å². The Morgan fingerprint density at radius 2 is 2.20 bits per heavy atom. The van der Waals surface area contributed by atoms with Gasteiger partial charge in [-0.05, 0) is 36.8 Å². The van der Waals surface area contributed by atoms with Crippen molar-refractivity contribution in [2.24, 2.45) is 0 Å². The van der Waals surface area contributed by atoms with Gasteiger partial charge in [-0.25, -0.2) is 0 Å². The van der Waals surface area contributed by atoms with Gasteiger partial charge in [0.05, 0.1) is 4.34 Å². The molecule has 1 aromatic heterocycles. The van der Waals surface area contributed by atoms with Gasteiger partial charge in [0.15, 0.2) is 0 Å². The van der Waals surface area contributed by atoms with Crippen LogP contribution in [0.3, 0.4) is 0 Å². The molecule has 1 nitrogen and oxygen atoms in total. The molecule has 2 unspecified atom stereocenters. The van der Waals surface area contributed by atoms with E-state index in [0.29, 0.717) is 12.1 Å². The van der Waals surface area contributed by atoms with Crippen molar-refractivity contribution in [3.05, 3.63) is 21.3 Å². The standard InChI is InChI=1S/C12H20ClNS/c1-4-6-11(5-2)14-9(3)10-7-12(13)15-8-10/h7-9,11,14H,4-6H2,1-3H3. The SMILES string of the molecule is CCCC(CC)NC(C)c1csc(Cl)c1. The molecule has 3 heteroatoms. The highest BCUT2D eigenvalue weighted by atomic mass is 35.5. The first-order chi connectivity index (χ1) is 7.17. The molecule has 0 amide bonds. The second kappa shape index (κ2) is 6.51. The van der Waals surface area contributed by atoms with E-state index >= 15 is 0 Å². The van der Waals surface area contributed by atoms with E-state index in [0.717, 1.165) is 4.34 Å². The largest absolute Gasteiger partial charge is 0.307 e. The summed E-state index contributed by atoms with van der Waals surface area (Å²) in [5.74, 6) is 0. The summed E-state index contributed by atoms with van der Waals surface area (Å²) in [5, 5.41) is 5.78. The van der Waals surface area contributed by atoms with E-state index in [-0.39, 0.29) is 0 Å². The number of nitrogens with one attached hydrogen (secondary N) is 1. The third-order valence-electron chi connectivity index (χ3n) is 2.70. The Bertz CT molecular complexity index is 285. The zero-order chi connectivity index (χ0) is 11.3. The molecule has 0 aromatic carbocycles. The zero-order valence-corrected chi connectivity index (χ0v) is 11.3. The molecule has 86 valence electrons. The molecule has 1 N–H and O–H groups in total. The second-order valence-corrected chi connectivity index (χ2v) is 5.51. The maximum Gasteiger partial charge on any atom is 0.0931 e. The summed E-state index contributed by atoms with van der Waals surface area (Å²) in [4.78, 5) is 0. The molecule has 0 fully saturated rings. The quantitative estimate of drug-likeness (QED) is 0.771. The van der Waals surface area contributed by atoms with Crippen LogP contribution in [0.4, 0.5) is 0 Å². The lowest BCUT2D eigenvalue weighted by molar-refractivity contribution is 0.417. The molecule has 1 heterocycles. The summed E-state index contributed by atoms with van der Waals surface area (Å²) in [6.07, 6.45) is 3.68. The first-order valence-corrected chi connectivity index (χ1v) is 6.93. The maximum atomic E-state index is 5.93. The second-order valence-electron chi connectivity index (χ2n) is 3.97. The Morgan fingerprint density at radius 3 is 2.67 bits per heavy atom. The number of rotatable bonds is 6. The van der Waals surface area contributed by atoms with Crippen molar-refractivity contribution in [3.8, 4) is 0 Å². The lowest BCUT2D eigenvalue weighted by Gasteiger charge is -2.21. The molecule has 0 saturated carbocycles. The summed E-state index contributed by atoms with van der Waals surface area (Å²) in [7, 11) is 0. The lowest BCUT2D eigenvalue weighted by Crippen LogP contribution is -2.30. The van der Waals surface area contributed by atoms with Crippen LogP contribution in [0.5, 0.6) is 0 Å². The molecule has 0 radical (unpaired) electrons. The Balaban J connectivity index is 2.50. The van der Waals surface area contributed by atoms with Gasteiger partial charge in [-0.2, -0.15) is 0 Å². The van der Waals surface area contributed by atoms with E-state index in [4.69, 9.17) is 11.6 Å². The summed E-state index contributed by atoms with van der Waals surface area (Å²) in [6.45, 7) is 6.67. The molecule has 0 aliphatic rings. The third-order valence-corrected chi connectivity index (χ3v) is 3.81. The first kappa shape index (κ1) is 13.0. The lowest BCUT2D eigenvalue weighted by atomic mass is 10.1. The van der Waals surface area contributed by atoms with E-state index in [1.54, 1.807) is 11.3 Å². The molecule has 1 rings (SSSR count). The number of thiophene rings is 1. The fraction of sp³-hybridized carbons (Fsp3) is 0.667. The van der Waals surface area contributed by atoms with Gasteiger partial charge in [-0.3, -0.25) is 0 Å². The van der Waals surface area contributed by atoms with Crippen LogP contribution in [0.1, 0.15) is 51.6 Å². The van der Waals surface area contributed by atoms with Gasteiger partial charge in [0.2, 0.25) is 0 Å². The van der Waals surface area contributed by atoms with Crippen LogP contribution in [-0.2, 0) is 0 Å². The van der Waals surface area contributed by atoms with Gasteiger partial charge in [-0.15, -0.1) is 11.3 Å². The van der Waals surface area contributed by atoms with E-state index in [1.165, 1.54) is 24.8 Å². The van der Waals surface area contributed by atoms with Crippen LogP contribution in [0.2, 0.25) is 4.34 Å². The molecule has 0 saturated heterocycles. The first-order valence-electron chi connectivity index (χ1n) is 5.67. The van der Waals surface area contributed by atoms with Crippen LogP contribution in [-0.4, -0.2) is 6.04 Å². The molecule has 0 spiro atoms. The summed E-state index contributed by atoms with van der Waals surface area (Å²) in [5.41, 5.74) is 1.31. The topological polar surface area (TPSA) is 12.0 Å². The van der Waals surface area contributed by atoms with E-state index < -0.39 is 0 Å². The van der Waals surface area contributed by atoms with Crippen molar-refractivity contribution in [2.75, 3.05) is 0 Å². The highest BCUT2D eigenvalue weighted by molar-refractivity contribution is 7.14. The monoisotopic (exact) mass is 245 g/mol. The predicted molar refractivity (Wildman–Crippen MR) is 69.9 cm³/mol. The zero-order valence-electron chi connectivity index (χ0n) is 9.72. The minimum Gasteiger partial charge on any atom is -0.307 e. The fourth-order valence-electron chi connectivity index (χ4n) is 1.75. The van der Waals surface area contributed by atoms with Crippen LogP contribution in [0, 0.1) is 0 Å². The van der Waals surface area contributed by atoms with Gasteiger partial charge in [0.25, 0.3) is 0 Å².